The van der Waals surface area contributed by atoms with Gasteiger partial charge in [0.2, 0.25) is 0 Å². The van der Waals surface area contributed by atoms with Crippen LogP contribution in [-0.4, -0.2) is 0 Å². The van der Waals surface area contributed by atoms with E-state index in [4.69, 9.17) is 34.8 Å². The van der Waals surface area contributed by atoms with Gasteiger partial charge in [-0.25, -0.2) is 0 Å². The minimum absolute atomic E-state index is 0. The summed E-state index contributed by atoms with van der Waals surface area (Å²) in [6, 6.07) is 2.51. The first-order chi connectivity index (χ1) is 4.61. The van der Waals surface area contributed by atoms with Crippen molar-refractivity contribution in [3.63, 3.8) is 0 Å². The van der Waals surface area contributed by atoms with Crippen LogP contribution in [0.25, 0.3) is 0 Å². The van der Waals surface area contributed by atoms with E-state index in [1.165, 1.54) is 12.1 Å². The van der Waals surface area contributed by atoms with Gasteiger partial charge in [0, 0.05) is 5.02 Å². The first-order valence-electron chi connectivity index (χ1n) is 2.43. The van der Waals surface area contributed by atoms with Gasteiger partial charge in [-0.15, -0.1) is 0 Å². The van der Waals surface area contributed by atoms with E-state index in [1.807, 2.05) is 0 Å². The molecule has 0 saturated heterocycles. The number of rotatable bonds is 0. The normalized spacial score (nSPS) is 9.00. The molecule has 1 aromatic rings. The molecule has 0 saturated carbocycles. The van der Waals surface area contributed by atoms with Crippen molar-refractivity contribution in [2.75, 3.05) is 0 Å². The fourth-order valence-electron chi connectivity index (χ4n) is 0.504. The fourth-order valence-corrected chi connectivity index (χ4v) is 1.04. The molecule has 0 aliphatic rings. The summed E-state index contributed by atoms with van der Waals surface area (Å²) in [5.41, 5.74) is 0. The molecule has 0 fully saturated rings. The van der Waals surface area contributed by atoms with Gasteiger partial charge in [0.05, 0.1) is 10.0 Å². The minimum atomic E-state index is -0.309. The first-order valence-corrected chi connectivity index (χ1v) is 3.56. The van der Waals surface area contributed by atoms with Crippen molar-refractivity contribution in [3.05, 3.63) is 27.2 Å². The summed E-state index contributed by atoms with van der Waals surface area (Å²) in [6.45, 7) is 0. The molecule has 0 radical (unpaired) electrons. The molecule has 0 spiro atoms. The first kappa shape index (κ1) is 11.9. The van der Waals surface area contributed by atoms with Gasteiger partial charge >= 0.3 is 29.6 Å². The molecule has 0 N–H and O–H groups in total. The summed E-state index contributed by atoms with van der Waals surface area (Å²) < 4.78 is 0. The molecule has 0 aliphatic carbocycles. The molecule has 0 unspecified atom stereocenters. The molecule has 5 heteroatoms. The Labute approximate surface area is 102 Å². The largest absolute Gasteiger partial charge is 1.00 e. The summed E-state index contributed by atoms with van der Waals surface area (Å²) in [6.07, 6.45) is 0. The van der Waals surface area contributed by atoms with Crippen LogP contribution in [0.15, 0.2) is 12.1 Å². The molecule has 0 heterocycles. The Bertz CT molecular complexity index is 214. The van der Waals surface area contributed by atoms with Crippen molar-refractivity contribution in [1.82, 2.24) is 0 Å². The van der Waals surface area contributed by atoms with Gasteiger partial charge in [0.1, 0.15) is 0 Å². The van der Waals surface area contributed by atoms with Crippen molar-refractivity contribution in [3.8, 4) is 5.75 Å². The monoisotopic (exact) mass is 218 g/mol. The van der Waals surface area contributed by atoms with Crippen molar-refractivity contribution < 1.29 is 34.7 Å². The summed E-state index contributed by atoms with van der Waals surface area (Å²) in [5, 5.41) is 11.3. The summed E-state index contributed by atoms with van der Waals surface area (Å²) in [4.78, 5) is 0. The van der Waals surface area contributed by atoms with Crippen LogP contribution in [-0.2, 0) is 0 Å². The second kappa shape index (κ2) is 4.80. The van der Waals surface area contributed by atoms with Crippen molar-refractivity contribution in [2.24, 2.45) is 0 Å². The van der Waals surface area contributed by atoms with E-state index in [1.54, 1.807) is 0 Å². The van der Waals surface area contributed by atoms with Gasteiger partial charge in [-0.05, 0) is 12.1 Å². The molecular formula is C6H2Cl3NaO. The zero-order valence-corrected chi connectivity index (χ0v) is 9.96. The third-order valence-corrected chi connectivity index (χ3v) is 1.99. The molecular weight excluding hydrogens is 217 g/mol. The average molecular weight is 219 g/mol. The molecule has 1 rings (SSSR count). The predicted octanol–water partition coefficient (Wildman–Crippen LogP) is -0.276. The molecule has 0 aromatic heterocycles. The van der Waals surface area contributed by atoms with E-state index in [2.05, 4.69) is 0 Å². The average Bonchev–Trinajstić information content (AvgIpc) is 1.84. The smallest absolute Gasteiger partial charge is 0.871 e. The van der Waals surface area contributed by atoms with Crippen LogP contribution in [0, 0.1) is 0 Å². The summed E-state index contributed by atoms with van der Waals surface area (Å²) >= 11 is 16.5. The predicted molar refractivity (Wildman–Crippen MR) is 40.9 cm³/mol. The molecule has 0 bridgehead atoms. The fraction of sp³-hybridized carbons (Fsp3) is 0. The van der Waals surface area contributed by atoms with Crippen LogP contribution < -0.4 is 34.7 Å². The number of halogens is 3. The number of hydrogen-bond donors (Lipinski definition) is 0. The van der Waals surface area contributed by atoms with Crippen molar-refractivity contribution in [2.45, 2.75) is 0 Å². The Morgan fingerprint density at radius 1 is 0.909 bits per heavy atom. The molecule has 1 aromatic carbocycles. The zero-order chi connectivity index (χ0) is 7.72. The second-order valence-electron chi connectivity index (χ2n) is 1.70. The SMILES string of the molecule is [Na+].[O-]c1cc(Cl)c(Cl)cc1Cl. The van der Waals surface area contributed by atoms with Gasteiger partial charge < -0.3 is 5.11 Å². The summed E-state index contributed by atoms with van der Waals surface area (Å²) in [7, 11) is 0. The molecule has 0 aliphatic heterocycles. The molecule has 1 nitrogen and oxygen atoms in total. The van der Waals surface area contributed by atoms with Crippen LogP contribution >= 0.6 is 34.8 Å². The van der Waals surface area contributed by atoms with E-state index >= 15 is 0 Å². The maximum Gasteiger partial charge on any atom is 1.00 e. The third kappa shape index (κ3) is 3.02. The van der Waals surface area contributed by atoms with E-state index in [0.29, 0.717) is 5.02 Å². The Balaban J connectivity index is 0.000001000. The van der Waals surface area contributed by atoms with E-state index in [9.17, 15) is 5.11 Å². The van der Waals surface area contributed by atoms with Crippen molar-refractivity contribution in [1.29, 1.82) is 0 Å². The van der Waals surface area contributed by atoms with Gasteiger partial charge in [-0.3, -0.25) is 0 Å². The van der Waals surface area contributed by atoms with E-state index in [0.717, 1.165) is 0 Å². The molecule has 0 amide bonds. The van der Waals surface area contributed by atoms with Gasteiger partial charge in [-0.2, -0.15) is 0 Å². The molecule has 0 atom stereocenters. The Kier molecular flexibility index (Phi) is 5.19. The molecule has 54 valence electrons. The molecule has 11 heavy (non-hydrogen) atoms. The van der Waals surface area contributed by atoms with Crippen LogP contribution in [0.2, 0.25) is 15.1 Å². The van der Waals surface area contributed by atoms with Crippen LogP contribution in [0.4, 0.5) is 0 Å². The van der Waals surface area contributed by atoms with Crippen molar-refractivity contribution >= 4 is 34.8 Å². The Morgan fingerprint density at radius 3 is 1.82 bits per heavy atom. The maximum absolute atomic E-state index is 10.7. The Hall–Kier alpha value is 0.890. The third-order valence-electron chi connectivity index (χ3n) is 0.975. The topological polar surface area (TPSA) is 23.1 Å². The van der Waals surface area contributed by atoms with E-state index < -0.39 is 0 Å². The van der Waals surface area contributed by atoms with Gasteiger partial charge in [0.15, 0.2) is 0 Å². The summed E-state index contributed by atoms with van der Waals surface area (Å²) in [5.74, 6) is -0.309. The maximum atomic E-state index is 10.7. The zero-order valence-electron chi connectivity index (χ0n) is 5.70. The van der Waals surface area contributed by atoms with Crippen LogP contribution in [0.1, 0.15) is 0 Å². The quantitative estimate of drug-likeness (QED) is 0.435. The Morgan fingerprint density at radius 2 is 1.36 bits per heavy atom. The standard InChI is InChI=1S/C6H3Cl3O.Na/c7-3-1-5(9)6(10)2-4(3)8;/h1-2,10H;/q;+1/p-1. The van der Waals surface area contributed by atoms with Gasteiger partial charge in [0.25, 0.3) is 0 Å². The number of hydrogen-bond acceptors (Lipinski definition) is 1. The van der Waals surface area contributed by atoms with Crippen LogP contribution in [0.3, 0.4) is 0 Å². The minimum Gasteiger partial charge on any atom is -0.871 e. The number of benzene rings is 1. The van der Waals surface area contributed by atoms with E-state index in [-0.39, 0.29) is 45.4 Å². The second-order valence-corrected chi connectivity index (χ2v) is 2.92. The van der Waals surface area contributed by atoms with Gasteiger partial charge in [-0.1, -0.05) is 40.6 Å². The van der Waals surface area contributed by atoms with Crippen LogP contribution in [0.5, 0.6) is 5.75 Å².